The van der Waals surface area contributed by atoms with E-state index in [4.69, 9.17) is 17.3 Å². The largest absolute Gasteiger partial charge is 0.369 e. The molecule has 0 fully saturated rings. The summed E-state index contributed by atoms with van der Waals surface area (Å²) < 4.78 is 27.6. The van der Waals surface area contributed by atoms with Crippen LogP contribution in [0.1, 0.15) is 24.0 Å². The minimum absolute atomic E-state index is 0.101. The number of carbonyl (C=O) groups excluding carboxylic acids is 1. The summed E-state index contributed by atoms with van der Waals surface area (Å²) in [6.07, 6.45) is 0. The van der Waals surface area contributed by atoms with Gasteiger partial charge in [-0.2, -0.15) is 0 Å². The average molecular weight is 359 g/mol. The number of benzene rings is 1. The van der Waals surface area contributed by atoms with Crippen molar-refractivity contribution in [2.75, 3.05) is 4.72 Å². The van der Waals surface area contributed by atoms with Gasteiger partial charge < -0.3 is 5.73 Å². The van der Waals surface area contributed by atoms with Gasteiger partial charge in [-0.3, -0.25) is 9.52 Å². The number of hydrogen-bond donors (Lipinski definition) is 2. The van der Waals surface area contributed by atoms with Crippen molar-refractivity contribution in [3.05, 3.63) is 45.1 Å². The highest BCUT2D eigenvalue weighted by molar-refractivity contribution is 7.92. The Hall–Kier alpha value is -1.57. The van der Waals surface area contributed by atoms with E-state index in [2.05, 4.69) is 4.72 Å². The Morgan fingerprint density at radius 2 is 2.05 bits per heavy atom. The lowest BCUT2D eigenvalue weighted by molar-refractivity contribution is -0.119. The van der Waals surface area contributed by atoms with Gasteiger partial charge in [0, 0.05) is 10.4 Å². The summed E-state index contributed by atoms with van der Waals surface area (Å²) in [4.78, 5) is 11.4. The minimum atomic E-state index is -3.80. The summed E-state index contributed by atoms with van der Waals surface area (Å²) in [5.41, 5.74) is 6.67. The molecule has 0 aliphatic heterocycles. The maximum Gasteiger partial charge on any atom is 0.262 e. The van der Waals surface area contributed by atoms with Crippen LogP contribution >= 0.6 is 22.9 Å². The van der Waals surface area contributed by atoms with E-state index < -0.39 is 21.8 Å². The first-order valence-corrected chi connectivity index (χ1v) is 9.17. The summed E-state index contributed by atoms with van der Waals surface area (Å²) >= 11 is 7.27. The molecule has 0 saturated carbocycles. The zero-order valence-corrected chi connectivity index (χ0v) is 14.3. The fourth-order valence-electron chi connectivity index (χ4n) is 1.96. The number of nitrogens with one attached hydrogen (secondary N) is 1. The number of carbonyl (C=O) groups is 1. The molecule has 0 aliphatic carbocycles. The Morgan fingerprint density at radius 3 is 2.68 bits per heavy atom. The number of halogens is 1. The van der Waals surface area contributed by atoms with Gasteiger partial charge in [0.25, 0.3) is 10.0 Å². The first kappa shape index (κ1) is 16.8. The second-order valence-corrected chi connectivity index (χ2v) is 7.63. The molecule has 118 valence electrons. The Morgan fingerprint density at radius 1 is 1.36 bits per heavy atom. The molecule has 5 nitrogen and oxygen atoms in total. The Bertz CT molecular complexity index is 815. The van der Waals surface area contributed by atoms with Gasteiger partial charge in [-0.15, -0.1) is 11.3 Å². The molecule has 0 radical (unpaired) electrons. The van der Waals surface area contributed by atoms with Crippen LogP contribution in [0.4, 0.5) is 5.69 Å². The SMILES string of the molecule is Cc1c(Cl)cccc1S(=O)(=O)Nc1cscc1C(C)C(N)=O. The van der Waals surface area contributed by atoms with Gasteiger partial charge in [-0.1, -0.05) is 17.7 Å². The second-order valence-electron chi connectivity index (χ2n) is 4.83. The van der Waals surface area contributed by atoms with Crippen LogP contribution in [0.2, 0.25) is 5.02 Å². The molecule has 1 amide bonds. The molecule has 1 aromatic carbocycles. The second kappa shape index (κ2) is 6.28. The number of rotatable bonds is 5. The van der Waals surface area contributed by atoms with Crippen LogP contribution in [0.25, 0.3) is 0 Å². The number of thiophene rings is 1. The van der Waals surface area contributed by atoms with Crippen molar-refractivity contribution < 1.29 is 13.2 Å². The van der Waals surface area contributed by atoms with Gasteiger partial charge in [-0.05, 0) is 42.5 Å². The maximum absolute atomic E-state index is 12.5. The predicted molar refractivity (Wildman–Crippen MR) is 88.9 cm³/mol. The van der Waals surface area contributed by atoms with E-state index in [1.807, 2.05) is 0 Å². The fraction of sp³-hybridized carbons (Fsp3) is 0.214. The van der Waals surface area contributed by atoms with E-state index in [-0.39, 0.29) is 4.90 Å². The Balaban J connectivity index is 2.41. The molecule has 0 saturated heterocycles. The third-order valence-electron chi connectivity index (χ3n) is 3.34. The normalized spacial score (nSPS) is 12.9. The third-order valence-corrected chi connectivity index (χ3v) is 6.02. The van der Waals surface area contributed by atoms with Gasteiger partial charge in [0.1, 0.15) is 0 Å². The van der Waals surface area contributed by atoms with Crippen LogP contribution in [-0.2, 0) is 14.8 Å². The first-order valence-electron chi connectivity index (χ1n) is 6.37. The highest BCUT2D eigenvalue weighted by atomic mass is 35.5. The first-order chi connectivity index (χ1) is 10.2. The molecular formula is C14H15ClN2O3S2. The number of sulfonamides is 1. The van der Waals surface area contributed by atoms with Crippen LogP contribution in [0, 0.1) is 6.92 Å². The standard InChI is InChI=1S/C14H15ClN2O3S2/c1-8(14(16)18)10-6-21-7-12(10)17-22(19,20)13-5-3-4-11(15)9(13)2/h3-8,17H,1-2H3,(H2,16,18). The van der Waals surface area contributed by atoms with Gasteiger partial charge in [0.15, 0.2) is 0 Å². The molecule has 2 aromatic rings. The van der Waals surface area contributed by atoms with Crippen molar-refractivity contribution in [2.24, 2.45) is 5.73 Å². The van der Waals surface area contributed by atoms with Crippen LogP contribution in [0.3, 0.4) is 0 Å². The Kier molecular flexibility index (Phi) is 4.79. The highest BCUT2D eigenvalue weighted by Crippen LogP contribution is 2.31. The Labute approximate surface area is 138 Å². The summed E-state index contributed by atoms with van der Waals surface area (Å²) in [5.74, 6) is -1.10. The number of hydrogen-bond acceptors (Lipinski definition) is 4. The van der Waals surface area contributed by atoms with Crippen LogP contribution in [0.5, 0.6) is 0 Å². The molecular weight excluding hydrogens is 344 g/mol. The van der Waals surface area contributed by atoms with Gasteiger partial charge in [0.2, 0.25) is 5.91 Å². The van der Waals surface area contributed by atoms with Gasteiger partial charge in [0.05, 0.1) is 16.5 Å². The molecule has 2 rings (SSSR count). The number of amides is 1. The molecule has 1 atom stereocenters. The predicted octanol–water partition coefficient (Wildman–Crippen LogP) is 3.10. The average Bonchev–Trinajstić information content (AvgIpc) is 2.87. The molecule has 1 unspecified atom stereocenters. The van der Waals surface area contributed by atoms with E-state index in [0.717, 1.165) is 0 Å². The third kappa shape index (κ3) is 3.26. The summed E-state index contributed by atoms with van der Waals surface area (Å²) in [7, 11) is -3.80. The summed E-state index contributed by atoms with van der Waals surface area (Å²) in [6, 6.07) is 4.68. The van der Waals surface area contributed by atoms with Crippen LogP contribution in [-0.4, -0.2) is 14.3 Å². The maximum atomic E-state index is 12.5. The van der Waals surface area contributed by atoms with Gasteiger partial charge >= 0.3 is 0 Å². The van der Waals surface area contributed by atoms with Crippen LogP contribution in [0.15, 0.2) is 33.9 Å². The molecule has 1 aromatic heterocycles. The minimum Gasteiger partial charge on any atom is -0.369 e. The smallest absolute Gasteiger partial charge is 0.262 e. The molecule has 0 bridgehead atoms. The van der Waals surface area contributed by atoms with Crippen molar-refractivity contribution in [3.8, 4) is 0 Å². The van der Waals surface area contributed by atoms with E-state index in [1.165, 1.54) is 17.4 Å². The molecule has 0 aliphatic rings. The van der Waals surface area contributed by atoms with E-state index in [0.29, 0.717) is 21.8 Å². The molecule has 8 heteroatoms. The number of nitrogens with two attached hydrogens (primary N) is 1. The fourth-order valence-corrected chi connectivity index (χ4v) is 4.49. The highest BCUT2D eigenvalue weighted by Gasteiger charge is 2.23. The van der Waals surface area contributed by atoms with E-state index in [1.54, 1.807) is 36.7 Å². The van der Waals surface area contributed by atoms with Gasteiger partial charge in [-0.25, -0.2) is 8.42 Å². The molecule has 1 heterocycles. The zero-order valence-electron chi connectivity index (χ0n) is 12.0. The lowest BCUT2D eigenvalue weighted by Crippen LogP contribution is -2.20. The molecule has 0 spiro atoms. The molecule has 22 heavy (non-hydrogen) atoms. The summed E-state index contributed by atoms with van der Waals surface area (Å²) in [5, 5.41) is 3.71. The summed E-state index contributed by atoms with van der Waals surface area (Å²) in [6.45, 7) is 3.27. The monoisotopic (exact) mass is 358 g/mol. The number of anilines is 1. The topological polar surface area (TPSA) is 89.3 Å². The zero-order chi connectivity index (χ0) is 16.5. The van der Waals surface area contributed by atoms with Crippen molar-refractivity contribution in [1.29, 1.82) is 0 Å². The van der Waals surface area contributed by atoms with Crippen molar-refractivity contribution in [3.63, 3.8) is 0 Å². The number of primary amides is 1. The van der Waals surface area contributed by atoms with Crippen LogP contribution < -0.4 is 10.5 Å². The molecule has 3 N–H and O–H groups in total. The lowest BCUT2D eigenvalue weighted by atomic mass is 10.0. The van der Waals surface area contributed by atoms with Crippen molar-refractivity contribution in [1.82, 2.24) is 0 Å². The quantitative estimate of drug-likeness (QED) is 0.860. The van der Waals surface area contributed by atoms with Crippen molar-refractivity contribution >= 4 is 44.6 Å². The van der Waals surface area contributed by atoms with E-state index >= 15 is 0 Å². The van der Waals surface area contributed by atoms with E-state index in [9.17, 15) is 13.2 Å². The van der Waals surface area contributed by atoms with Crippen molar-refractivity contribution in [2.45, 2.75) is 24.7 Å². The lowest BCUT2D eigenvalue weighted by Gasteiger charge is -2.13.